The van der Waals surface area contributed by atoms with Crippen molar-refractivity contribution in [3.63, 3.8) is 0 Å². The van der Waals surface area contributed by atoms with E-state index < -0.39 is 0 Å². The molecule has 0 bridgehead atoms. The third-order valence-electron chi connectivity index (χ3n) is 3.21. The lowest BCUT2D eigenvalue weighted by Crippen LogP contribution is -1.94. The number of aryl methyl sites for hydroxylation is 3. The molecule has 3 heteroatoms. The highest BCUT2D eigenvalue weighted by Crippen LogP contribution is 2.38. The lowest BCUT2D eigenvalue weighted by molar-refractivity contribution is 1.01. The van der Waals surface area contributed by atoms with Crippen LogP contribution in [-0.2, 0) is 0 Å². The Kier molecular flexibility index (Phi) is 10.7. The molecule has 1 aliphatic rings. The maximum absolute atomic E-state index is 5.51. The summed E-state index contributed by atoms with van der Waals surface area (Å²) in [5, 5.41) is 0. The van der Waals surface area contributed by atoms with Gasteiger partial charge in [-0.05, 0) is 56.9 Å². The number of aromatic nitrogens is 2. The summed E-state index contributed by atoms with van der Waals surface area (Å²) in [4.78, 5) is 8.39. The van der Waals surface area contributed by atoms with E-state index >= 15 is 0 Å². The third-order valence-corrected chi connectivity index (χ3v) is 3.21. The van der Waals surface area contributed by atoms with E-state index in [0.29, 0.717) is 5.82 Å². The summed E-state index contributed by atoms with van der Waals surface area (Å²) in [5.74, 6) is 1.43. The number of rotatable bonds is 1. The Balaban J connectivity index is 0.000000349. The Morgan fingerprint density at radius 3 is 1.91 bits per heavy atom. The molecule has 0 saturated heterocycles. The minimum absolute atomic E-state index is 0.634. The van der Waals surface area contributed by atoms with Crippen molar-refractivity contribution in [1.29, 1.82) is 0 Å². The van der Waals surface area contributed by atoms with Gasteiger partial charge in [-0.2, -0.15) is 0 Å². The second kappa shape index (κ2) is 11.6. The van der Waals surface area contributed by atoms with Crippen LogP contribution in [-0.4, -0.2) is 9.97 Å². The fourth-order valence-electron chi connectivity index (χ4n) is 1.75. The van der Waals surface area contributed by atoms with Crippen LogP contribution in [0.25, 0.3) is 0 Å². The first kappa shape index (κ1) is 21.1. The Hall–Kier alpha value is -1.90. The zero-order valence-electron chi connectivity index (χ0n) is 15.9. The highest BCUT2D eigenvalue weighted by atomic mass is 14.8. The van der Waals surface area contributed by atoms with Crippen molar-refractivity contribution in [3.05, 3.63) is 53.0 Å². The highest BCUT2D eigenvalue weighted by Gasteiger charge is 2.24. The van der Waals surface area contributed by atoms with Crippen LogP contribution in [0.4, 0.5) is 5.82 Å². The average Bonchev–Trinajstić information content (AvgIpc) is 3.41. The zero-order chi connectivity index (χ0) is 17.8. The fraction of sp³-hybridized carbons (Fsp3) is 0.500. The number of nitrogen functional groups attached to an aromatic ring is 1. The smallest absolute Gasteiger partial charge is 0.126 e. The van der Waals surface area contributed by atoms with Crippen molar-refractivity contribution >= 4 is 5.82 Å². The highest BCUT2D eigenvalue weighted by molar-refractivity contribution is 5.38. The van der Waals surface area contributed by atoms with Crippen molar-refractivity contribution in [2.45, 2.75) is 67.2 Å². The molecule has 0 radical (unpaired) electrons. The van der Waals surface area contributed by atoms with Gasteiger partial charge in [-0.3, -0.25) is 4.98 Å². The predicted molar refractivity (Wildman–Crippen MR) is 102 cm³/mol. The summed E-state index contributed by atoms with van der Waals surface area (Å²) < 4.78 is 0. The lowest BCUT2D eigenvalue weighted by Gasteiger charge is -1.97. The molecular formula is C20H33N3. The van der Waals surface area contributed by atoms with Gasteiger partial charge in [0.05, 0.1) is 0 Å². The molecule has 23 heavy (non-hydrogen) atoms. The molecule has 2 heterocycles. The first-order chi connectivity index (χ1) is 11.1. The van der Waals surface area contributed by atoms with E-state index in [1.54, 1.807) is 0 Å². The van der Waals surface area contributed by atoms with Crippen LogP contribution in [0.2, 0.25) is 0 Å². The summed E-state index contributed by atoms with van der Waals surface area (Å²) in [6.07, 6.45) is 4.64. The van der Waals surface area contributed by atoms with Crippen LogP contribution in [0.15, 0.2) is 30.5 Å². The van der Waals surface area contributed by atoms with E-state index in [1.807, 2.05) is 59.9 Å². The van der Waals surface area contributed by atoms with E-state index in [0.717, 1.165) is 17.2 Å². The minimum atomic E-state index is 0.634. The average molecular weight is 316 g/mol. The lowest BCUT2D eigenvalue weighted by atomic mass is 10.2. The summed E-state index contributed by atoms with van der Waals surface area (Å²) >= 11 is 0. The monoisotopic (exact) mass is 315 g/mol. The SMILES string of the molecule is CC.CC.Cc1ccc(C)c(N)n1.Cc1ccc(C2CC2)nc1. The first-order valence-corrected chi connectivity index (χ1v) is 8.68. The molecule has 2 N–H and O–H groups in total. The standard InChI is InChI=1S/C9H11N.C7H10N2.2C2H6/c1-7-2-5-9(10-6-7)8-3-4-8;1-5-3-4-6(2)9-7(5)8;2*1-2/h2,5-6,8H,3-4H2,1H3;3-4H,1-2H3,(H2,8,9);2*1-2H3. The molecule has 1 aliphatic carbocycles. The summed E-state index contributed by atoms with van der Waals surface area (Å²) in [7, 11) is 0. The number of hydrogen-bond donors (Lipinski definition) is 1. The Bertz CT molecular complexity index is 543. The van der Waals surface area contributed by atoms with Gasteiger partial charge in [0, 0.05) is 23.5 Å². The topological polar surface area (TPSA) is 51.8 Å². The maximum atomic E-state index is 5.51. The van der Waals surface area contributed by atoms with Gasteiger partial charge in [0.15, 0.2) is 0 Å². The van der Waals surface area contributed by atoms with Crippen molar-refractivity contribution in [3.8, 4) is 0 Å². The van der Waals surface area contributed by atoms with E-state index in [2.05, 4.69) is 29.0 Å². The molecule has 1 fully saturated rings. The van der Waals surface area contributed by atoms with Crippen LogP contribution in [0.1, 0.15) is 69.0 Å². The molecule has 0 aromatic carbocycles. The number of nitrogens with two attached hydrogens (primary N) is 1. The second-order valence-corrected chi connectivity index (χ2v) is 5.19. The van der Waals surface area contributed by atoms with Gasteiger partial charge in [0.25, 0.3) is 0 Å². The zero-order valence-corrected chi connectivity index (χ0v) is 15.9. The van der Waals surface area contributed by atoms with E-state index in [1.165, 1.54) is 24.1 Å². The summed E-state index contributed by atoms with van der Waals surface area (Å²) in [5.41, 5.74) is 10.1. The predicted octanol–water partition coefficient (Wildman–Crippen LogP) is 5.60. The maximum Gasteiger partial charge on any atom is 0.126 e. The van der Waals surface area contributed by atoms with Gasteiger partial charge in [0.1, 0.15) is 5.82 Å². The molecule has 0 amide bonds. The summed E-state index contributed by atoms with van der Waals surface area (Å²) in [6.45, 7) is 13.9. The first-order valence-electron chi connectivity index (χ1n) is 8.68. The van der Waals surface area contributed by atoms with Gasteiger partial charge in [0.2, 0.25) is 0 Å². The molecule has 1 saturated carbocycles. The van der Waals surface area contributed by atoms with Crippen LogP contribution in [0.3, 0.4) is 0 Å². The molecule has 0 atom stereocenters. The molecule has 0 aliphatic heterocycles. The van der Waals surface area contributed by atoms with Gasteiger partial charge in [-0.25, -0.2) is 4.98 Å². The molecular weight excluding hydrogens is 282 g/mol. The molecule has 128 valence electrons. The molecule has 3 nitrogen and oxygen atoms in total. The molecule has 0 unspecified atom stereocenters. The number of hydrogen-bond acceptors (Lipinski definition) is 3. The van der Waals surface area contributed by atoms with Crippen LogP contribution in [0, 0.1) is 20.8 Å². The normalized spacial score (nSPS) is 11.8. The van der Waals surface area contributed by atoms with E-state index in [4.69, 9.17) is 5.73 Å². The Labute approximate surface area is 142 Å². The minimum Gasteiger partial charge on any atom is -0.383 e. The van der Waals surface area contributed by atoms with Crippen molar-refractivity contribution < 1.29 is 0 Å². The Morgan fingerprint density at radius 2 is 1.52 bits per heavy atom. The van der Waals surface area contributed by atoms with Crippen molar-refractivity contribution in [2.24, 2.45) is 0 Å². The van der Waals surface area contributed by atoms with Gasteiger partial charge < -0.3 is 5.73 Å². The third kappa shape index (κ3) is 8.34. The van der Waals surface area contributed by atoms with Gasteiger partial charge in [-0.1, -0.05) is 39.8 Å². The van der Waals surface area contributed by atoms with Crippen LogP contribution in [0.5, 0.6) is 0 Å². The summed E-state index contributed by atoms with van der Waals surface area (Å²) in [6, 6.07) is 8.21. The number of pyridine rings is 2. The number of nitrogens with zero attached hydrogens (tertiary/aromatic N) is 2. The molecule has 0 spiro atoms. The van der Waals surface area contributed by atoms with Crippen molar-refractivity contribution in [2.75, 3.05) is 5.73 Å². The van der Waals surface area contributed by atoms with Gasteiger partial charge in [-0.15, -0.1) is 0 Å². The second-order valence-electron chi connectivity index (χ2n) is 5.19. The van der Waals surface area contributed by atoms with Crippen LogP contribution >= 0.6 is 0 Å². The largest absolute Gasteiger partial charge is 0.383 e. The van der Waals surface area contributed by atoms with E-state index in [9.17, 15) is 0 Å². The van der Waals surface area contributed by atoms with Crippen LogP contribution < -0.4 is 5.73 Å². The van der Waals surface area contributed by atoms with Crippen molar-refractivity contribution in [1.82, 2.24) is 9.97 Å². The van der Waals surface area contributed by atoms with Gasteiger partial charge >= 0.3 is 0 Å². The molecule has 2 aromatic heterocycles. The Morgan fingerprint density at radius 1 is 0.913 bits per heavy atom. The fourth-order valence-corrected chi connectivity index (χ4v) is 1.75. The van der Waals surface area contributed by atoms with E-state index in [-0.39, 0.29) is 0 Å². The molecule has 3 rings (SSSR count). The quantitative estimate of drug-likeness (QED) is 0.745. The number of anilines is 1. The molecule has 2 aromatic rings.